The van der Waals surface area contributed by atoms with Crippen LogP contribution in [-0.2, 0) is 11.0 Å². The summed E-state index contributed by atoms with van der Waals surface area (Å²) in [5, 5.41) is 10.6. The summed E-state index contributed by atoms with van der Waals surface area (Å²) in [6, 6.07) is 3.56. The summed E-state index contributed by atoms with van der Waals surface area (Å²) >= 11 is 0. The molecule has 6 nitrogen and oxygen atoms in total. The molecule has 1 unspecified atom stereocenters. The average Bonchev–Trinajstić information content (AvgIpc) is 3.25. The number of alkyl halides is 3. The second-order valence-electron chi connectivity index (χ2n) is 6.55. The van der Waals surface area contributed by atoms with Gasteiger partial charge in [0.25, 0.3) is 0 Å². The van der Waals surface area contributed by atoms with Gasteiger partial charge in [-0.25, -0.2) is 9.36 Å². The van der Waals surface area contributed by atoms with E-state index in [-0.39, 0.29) is 17.6 Å². The van der Waals surface area contributed by atoms with E-state index in [1.54, 1.807) is 11.8 Å². The van der Waals surface area contributed by atoms with E-state index in [1.165, 1.54) is 16.7 Å². The fourth-order valence-electron chi connectivity index (χ4n) is 3.98. The number of hydrogen-bond acceptors (Lipinski definition) is 3. The van der Waals surface area contributed by atoms with E-state index < -0.39 is 29.4 Å². The molecule has 9 heteroatoms. The summed E-state index contributed by atoms with van der Waals surface area (Å²) in [4.78, 5) is 26.4. The van der Waals surface area contributed by atoms with Gasteiger partial charge in [0.15, 0.2) is 0 Å². The second kappa shape index (κ2) is 5.39. The van der Waals surface area contributed by atoms with E-state index in [2.05, 4.69) is 0 Å². The molecular formula is C17H16F3N3O3. The van der Waals surface area contributed by atoms with Gasteiger partial charge >= 0.3 is 11.9 Å². The number of carbonyl (C=O) groups excluding carboxylic acids is 1. The van der Waals surface area contributed by atoms with Crippen LogP contribution < -0.4 is 5.69 Å². The Morgan fingerprint density at radius 1 is 1.35 bits per heavy atom. The van der Waals surface area contributed by atoms with Gasteiger partial charge in [-0.2, -0.15) is 13.2 Å². The van der Waals surface area contributed by atoms with E-state index in [0.717, 1.165) is 16.7 Å². The number of likely N-dealkylation sites (tertiary alicyclic amines) is 1. The molecule has 2 aliphatic rings. The molecule has 2 aliphatic heterocycles. The third-order valence-corrected chi connectivity index (χ3v) is 5.11. The minimum atomic E-state index is -4.55. The summed E-state index contributed by atoms with van der Waals surface area (Å²) < 4.78 is 41.2. The quantitative estimate of drug-likeness (QED) is 0.887. The molecule has 138 valence electrons. The topological polar surface area (TPSA) is 67.5 Å². The van der Waals surface area contributed by atoms with E-state index in [4.69, 9.17) is 0 Å². The van der Waals surface area contributed by atoms with E-state index in [1.807, 2.05) is 0 Å². The highest BCUT2D eigenvalue weighted by atomic mass is 19.4. The van der Waals surface area contributed by atoms with Crippen LogP contribution >= 0.6 is 0 Å². The lowest BCUT2D eigenvalue weighted by atomic mass is 10.1. The van der Waals surface area contributed by atoms with Gasteiger partial charge in [0.1, 0.15) is 5.69 Å². The van der Waals surface area contributed by atoms with Crippen molar-refractivity contribution in [1.29, 1.82) is 0 Å². The Kier molecular flexibility index (Phi) is 3.47. The Hall–Kier alpha value is -2.71. The number of nitrogens with zero attached hydrogens (tertiary/aromatic N) is 3. The molecule has 0 saturated carbocycles. The van der Waals surface area contributed by atoms with E-state index in [9.17, 15) is 27.9 Å². The summed E-state index contributed by atoms with van der Waals surface area (Å²) in [5.41, 5.74) is -1.26. The van der Waals surface area contributed by atoms with Crippen molar-refractivity contribution >= 4 is 5.91 Å². The third-order valence-electron chi connectivity index (χ3n) is 5.11. The maximum absolute atomic E-state index is 13.0. The number of carbonyl (C=O) groups is 1. The monoisotopic (exact) mass is 367 g/mol. The largest absolute Gasteiger partial charge is 0.493 e. The standard InChI is InChI=1S/C17H16F3N3O3/c1-2-13(24)21-8-11-7-12(21)14-15(25)23(16(26)22(11)14)10-5-3-4-9(6-10)17(18,19)20/h3-6,11-12,25H,2,7-8H2,1H3/t11?,12-/m1/s1. The number of benzene rings is 1. The summed E-state index contributed by atoms with van der Waals surface area (Å²) in [6.07, 6.45) is -3.71. The Morgan fingerprint density at radius 3 is 2.73 bits per heavy atom. The molecule has 4 rings (SSSR count). The zero-order valence-electron chi connectivity index (χ0n) is 13.8. The molecule has 1 amide bonds. The fourth-order valence-corrected chi connectivity index (χ4v) is 3.98. The predicted molar refractivity (Wildman–Crippen MR) is 85.1 cm³/mol. The van der Waals surface area contributed by atoms with Crippen molar-refractivity contribution in [2.24, 2.45) is 0 Å². The van der Waals surface area contributed by atoms with Gasteiger partial charge in [0.05, 0.1) is 23.3 Å². The van der Waals surface area contributed by atoms with Crippen LogP contribution in [0.5, 0.6) is 5.88 Å². The van der Waals surface area contributed by atoms with Crippen molar-refractivity contribution in [2.45, 2.75) is 38.0 Å². The summed E-state index contributed by atoms with van der Waals surface area (Å²) in [7, 11) is 0. The number of halogens is 3. The lowest BCUT2D eigenvalue weighted by Crippen LogP contribution is -2.37. The first-order chi connectivity index (χ1) is 12.2. The predicted octanol–water partition coefficient (Wildman–Crippen LogP) is 2.60. The van der Waals surface area contributed by atoms with Gasteiger partial charge < -0.3 is 10.0 Å². The Labute approximate surface area is 146 Å². The van der Waals surface area contributed by atoms with Crippen molar-refractivity contribution in [2.75, 3.05) is 6.54 Å². The first-order valence-electron chi connectivity index (χ1n) is 8.27. The Bertz CT molecular complexity index is 960. The van der Waals surface area contributed by atoms with Crippen LogP contribution in [0.2, 0.25) is 0 Å². The van der Waals surface area contributed by atoms with Crippen molar-refractivity contribution < 1.29 is 23.1 Å². The maximum atomic E-state index is 13.0. The number of aromatic nitrogens is 2. The van der Waals surface area contributed by atoms with Crippen molar-refractivity contribution in [3.05, 3.63) is 46.0 Å². The highest BCUT2D eigenvalue weighted by Crippen LogP contribution is 2.48. The molecule has 2 aromatic rings. The first-order valence-corrected chi connectivity index (χ1v) is 8.27. The fraction of sp³-hybridized carbons (Fsp3) is 0.412. The number of aromatic hydroxyl groups is 1. The lowest BCUT2D eigenvalue weighted by molar-refractivity contribution is -0.137. The van der Waals surface area contributed by atoms with Crippen molar-refractivity contribution in [3.8, 4) is 11.6 Å². The van der Waals surface area contributed by atoms with Crippen LogP contribution in [0, 0.1) is 0 Å². The number of rotatable bonds is 2. The highest BCUT2D eigenvalue weighted by molar-refractivity contribution is 5.77. The maximum Gasteiger partial charge on any atom is 0.416 e. The Morgan fingerprint density at radius 2 is 2.08 bits per heavy atom. The van der Waals surface area contributed by atoms with Gasteiger partial charge in [-0.1, -0.05) is 13.0 Å². The van der Waals surface area contributed by atoms with Crippen LogP contribution in [0.3, 0.4) is 0 Å². The minimum Gasteiger partial charge on any atom is -0.493 e. The van der Waals surface area contributed by atoms with Crippen LogP contribution in [0.1, 0.15) is 43.1 Å². The zero-order valence-corrected chi connectivity index (χ0v) is 13.8. The van der Waals surface area contributed by atoms with Gasteiger partial charge in [-0.15, -0.1) is 0 Å². The number of imidazole rings is 1. The lowest BCUT2D eigenvalue weighted by Gasteiger charge is -2.27. The molecule has 2 atom stereocenters. The number of hydrogen-bond donors (Lipinski definition) is 1. The molecular weight excluding hydrogens is 351 g/mol. The number of fused-ring (bicyclic) bond motifs is 5. The van der Waals surface area contributed by atoms with Crippen molar-refractivity contribution in [1.82, 2.24) is 14.0 Å². The van der Waals surface area contributed by atoms with Crippen LogP contribution in [0.25, 0.3) is 5.69 Å². The molecule has 0 radical (unpaired) electrons. The molecule has 1 fully saturated rings. The second-order valence-corrected chi connectivity index (χ2v) is 6.55. The smallest absolute Gasteiger partial charge is 0.416 e. The van der Waals surface area contributed by atoms with E-state index >= 15 is 0 Å². The SMILES string of the molecule is CCC(=O)N1CC2C[C@@H]1c1c(O)n(-c3cccc(C(F)(F)F)c3)c(=O)n12. The van der Waals surface area contributed by atoms with Gasteiger partial charge in [-0.3, -0.25) is 9.36 Å². The van der Waals surface area contributed by atoms with Crippen LogP contribution in [0.15, 0.2) is 29.1 Å². The van der Waals surface area contributed by atoms with Crippen molar-refractivity contribution in [3.63, 3.8) is 0 Å². The Balaban J connectivity index is 1.84. The molecule has 3 heterocycles. The molecule has 2 bridgehead atoms. The minimum absolute atomic E-state index is 0.0583. The van der Waals surface area contributed by atoms with Crippen LogP contribution in [-0.4, -0.2) is 31.6 Å². The van der Waals surface area contributed by atoms with Gasteiger partial charge in [0, 0.05) is 13.0 Å². The number of amides is 1. The first kappa shape index (κ1) is 16.7. The highest BCUT2D eigenvalue weighted by Gasteiger charge is 2.48. The molecule has 1 aromatic carbocycles. The zero-order chi connectivity index (χ0) is 18.8. The molecule has 0 aliphatic carbocycles. The molecule has 1 aromatic heterocycles. The van der Waals surface area contributed by atoms with Gasteiger partial charge in [-0.05, 0) is 24.6 Å². The van der Waals surface area contributed by atoms with Gasteiger partial charge in [0.2, 0.25) is 11.8 Å². The third kappa shape index (κ3) is 2.19. The van der Waals surface area contributed by atoms with E-state index in [0.29, 0.717) is 25.1 Å². The summed E-state index contributed by atoms with van der Waals surface area (Å²) in [5.74, 6) is -0.488. The average molecular weight is 367 g/mol. The molecule has 0 spiro atoms. The summed E-state index contributed by atoms with van der Waals surface area (Å²) in [6.45, 7) is 2.10. The molecule has 1 N–H and O–H groups in total. The molecule has 26 heavy (non-hydrogen) atoms. The normalized spacial score (nSPS) is 21.3. The molecule has 1 saturated heterocycles. The van der Waals surface area contributed by atoms with Crippen LogP contribution in [0.4, 0.5) is 13.2 Å².